The number of nitrogens with one attached hydrogen (secondary N) is 1. The van der Waals surface area contributed by atoms with Gasteiger partial charge < -0.3 is 15.2 Å². The first kappa shape index (κ1) is 19.9. The Kier molecular flexibility index (Phi) is 5.28. The van der Waals surface area contributed by atoms with Gasteiger partial charge in [0, 0.05) is 47.6 Å². The van der Waals surface area contributed by atoms with Crippen LogP contribution in [0.1, 0.15) is 31.4 Å². The second-order valence-electron chi connectivity index (χ2n) is 8.41. The molecule has 0 amide bonds. The Morgan fingerprint density at radius 2 is 1.94 bits per heavy atom. The summed E-state index contributed by atoms with van der Waals surface area (Å²) in [5, 5.41) is 22.2. The number of hydrogen-bond donors (Lipinski definition) is 2. The van der Waals surface area contributed by atoms with Gasteiger partial charge in [-0.15, -0.1) is 10.2 Å². The maximum absolute atomic E-state index is 14.7. The summed E-state index contributed by atoms with van der Waals surface area (Å²) in [6, 6.07) is 12.9. The van der Waals surface area contributed by atoms with Crippen LogP contribution in [0, 0.1) is 6.92 Å². The summed E-state index contributed by atoms with van der Waals surface area (Å²) >= 11 is 0. The average molecular weight is 420 g/mol. The zero-order chi connectivity index (χ0) is 21.4. The Labute approximate surface area is 180 Å². The number of fused-ring (bicyclic) bond motifs is 2. The Bertz CT molecular complexity index is 1060. The number of alkyl halides is 1. The third-order valence-corrected chi connectivity index (χ3v) is 6.20. The summed E-state index contributed by atoms with van der Waals surface area (Å²) in [6.45, 7) is 1.93. The molecule has 2 aliphatic heterocycles. The molecule has 1 aromatic carbocycles. The maximum atomic E-state index is 14.7. The molecule has 3 aromatic rings. The van der Waals surface area contributed by atoms with Gasteiger partial charge in [-0.1, -0.05) is 18.6 Å². The van der Waals surface area contributed by atoms with Crippen LogP contribution in [0.3, 0.4) is 0 Å². The summed E-state index contributed by atoms with van der Waals surface area (Å²) in [6.07, 6.45) is 3.82. The molecular weight excluding hydrogens is 395 g/mol. The second kappa shape index (κ2) is 8.23. The lowest BCUT2D eigenvalue weighted by Crippen LogP contribution is -2.59. The molecule has 0 radical (unpaired) electrons. The number of nitrogens with zero attached hydrogens (tertiary/aromatic N) is 3. The number of aryl methyl sites for hydroxylation is 1. The van der Waals surface area contributed by atoms with Crippen LogP contribution >= 0.6 is 0 Å². The number of hydrogen-bond acceptors (Lipinski definition) is 6. The summed E-state index contributed by atoms with van der Waals surface area (Å²) in [4.78, 5) is 4.30. The van der Waals surface area contributed by atoms with Gasteiger partial charge in [0.2, 0.25) is 5.88 Å². The number of phenols is 1. The molecule has 4 heterocycles. The number of phenolic OH excluding ortho intramolecular Hbond substituents is 1. The Balaban J connectivity index is 1.31. The van der Waals surface area contributed by atoms with E-state index in [-0.39, 0.29) is 11.8 Å². The van der Waals surface area contributed by atoms with E-state index in [0.29, 0.717) is 29.6 Å². The van der Waals surface area contributed by atoms with Crippen molar-refractivity contribution in [2.45, 2.75) is 57.0 Å². The van der Waals surface area contributed by atoms with E-state index in [4.69, 9.17) is 4.74 Å². The minimum atomic E-state index is -1.05. The zero-order valence-electron chi connectivity index (χ0n) is 17.3. The fraction of sp³-hybridized carbons (Fsp3) is 0.375. The van der Waals surface area contributed by atoms with Gasteiger partial charge in [0.1, 0.15) is 11.9 Å². The third-order valence-electron chi connectivity index (χ3n) is 6.20. The second-order valence-corrected chi connectivity index (χ2v) is 8.41. The maximum Gasteiger partial charge on any atom is 0.233 e. The van der Waals surface area contributed by atoms with Crippen molar-refractivity contribution in [3.63, 3.8) is 0 Å². The van der Waals surface area contributed by atoms with Crippen molar-refractivity contribution in [2.75, 3.05) is 0 Å². The number of aromatic hydroxyl groups is 1. The lowest BCUT2D eigenvalue weighted by atomic mass is 9.84. The Morgan fingerprint density at radius 3 is 2.68 bits per heavy atom. The normalized spacial score (nSPS) is 25.2. The van der Waals surface area contributed by atoms with Gasteiger partial charge in [-0.25, -0.2) is 4.39 Å². The van der Waals surface area contributed by atoms with Crippen molar-refractivity contribution in [1.29, 1.82) is 0 Å². The number of ether oxygens (including phenoxy) is 1. The number of rotatable bonds is 4. The standard InChI is InChI=1S/C24H25FN4O2/c1-14-5-6-16(13-26-14)15-7-8-18(21(30)11-15)19-9-10-23(29-28-19)31-22-12-17-3-2-4-20(27-17)24(22)25/h5-11,13,17,20,22,24,27,30H,2-4,12H2,1H3/t17?,20?,22-,24+/m0/s1. The zero-order valence-corrected chi connectivity index (χ0v) is 17.3. The first-order valence-electron chi connectivity index (χ1n) is 10.7. The van der Waals surface area contributed by atoms with Gasteiger partial charge in [-0.05, 0) is 49.6 Å². The van der Waals surface area contributed by atoms with Crippen molar-refractivity contribution < 1.29 is 14.2 Å². The highest BCUT2D eigenvalue weighted by atomic mass is 19.1. The molecular formula is C24H25FN4O2. The molecule has 0 spiro atoms. The quantitative estimate of drug-likeness (QED) is 0.658. The lowest BCUT2D eigenvalue weighted by Gasteiger charge is -2.42. The molecule has 5 rings (SSSR count). The average Bonchev–Trinajstić information content (AvgIpc) is 2.79. The van der Waals surface area contributed by atoms with E-state index in [9.17, 15) is 9.50 Å². The third kappa shape index (κ3) is 4.10. The van der Waals surface area contributed by atoms with Crippen LogP contribution in [0.4, 0.5) is 4.39 Å². The van der Waals surface area contributed by atoms with Crippen molar-refractivity contribution in [2.24, 2.45) is 0 Å². The topological polar surface area (TPSA) is 80.2 Å². The molecule has 0 aliphatic carbocycles. The van der Waals surface area contributed by atoms with E-state index in [2.05, 4.69) is 20.5 Å². The first-order valence-corrected chi connectivity index (χ1v) is 10.7. The minimum Gasteiger partial charge on any atom is -0.507 e. The van der Waals surface area contributed by atoms with Crippen LogP contribution in [-0.4, -0.2) is 44.6 Å². The molecule has 6 nitrogen and oxygen atoms in total. The molecule has 2 saturated heterocycles. The van der Waals surface area contributed by atoms with Crippen molar-refractivity contribution >= 4 is 0 Å². The summed E-state index contributed by atoms with van der Waals surface area (Å²) in [7, 11) is 0. The van der Waals surface area contributed by atoms with Crippen LogP contribution in [0.2, 0.25) is 0 Å². The molecule has 2 aromatic heterocycles. The molecule has 2 bridgehead atoms. The van der Waals surface area contributed by atoms with E-state index < -0.39 is 12.3 Å². The fourth-order valence-electron chi connectivity index (χ4n) is 4.52. The Morgan fingerprint density at radius 1 is 1.06 bits per heavy atom. The first-order chi connectivity index (χ1) is 15.1. The van der Waals surface area contributed by atoms with Gasteiger partial charge in [0.05, 0.1) is 5.69 Å². The van der Waals surface area contributed by atoms with Gasteiger partial charge in [0.25, 0.3) is 0 Å². The van der Waals surface area contributed by atoms with E-state index in [1.54, 1.807) is 30.5 Å². The highest BCUT2D eigenvalue weighted by Gasteiger charge is 2.41. The van der Waals surface area contributed by atoms with E-state index in [1.165, 1.54) is 0 Å². The molecule has 2 fully saturated rings. The van der Waals surface area contributed by atoms with Crippen LogP contribution in [0.15, 0.2) is 48.7 Å². The summed E-state index contributed by atoms with van der Waals surface area (Å²) in [5.74, 6) is 0.411. The number of piperidine rings is 2. The van der Waals surface area contributed by atoms with Crippen LogP contribution in [0.25, 0.3) is 22.4 Å². The predicted molar refractivity (Wildman–Crippen MR) is 116 cm³/mol. The van der Waals surface area contributed by atoms with E-state index in [0.717, 1.165) is 36.1 Å². The van der Waals surface area contributed by atoms with Crippen molar-refractivity contribution in [1.82, 2.24) is 20.5 Å². The molecule has 2 unspecified atom stereocenters. The molecule has 31 heavy (non-hydrogen) atoms. The fourth-order valence-corrected chi connectivity index (χ4v) is 4.52. The molecule has 7 heteroatoms. The van der Waals surface area contributed by atoms with Crippen LogP contribution in [0.5, 0.6) is 11.6 Å². The lowest BCUT2D eigenvalue weighted by molar-refractivity contribution is 0.00652. The smallest absolute Gasteiger partial charge is 0.233 e. The largest absolute Gasteiger partial charge is 0.507 e. The number of aromatic nitrogens is 3. The monoisotopic (exact) mass is 420 g/mol. The molecule has 4 atom stereocenters. The van der Waals surface area contributed by atoms with Crippen LogP contribution in [-0.2, 0) is 0 Å². The minimum absolute atomic E-state index is 0.107. The van der Waals surface area contributed by atoms with Gasteiger partial charge >= 0.3 is 0 Å². The number of benzene rings is 1. The number of pyridine rings is 1. The molecule has 2 N–H and O–H groups in total. The van der Waals surface area contributed by atoms with Gasteiger partial charge in [0.15, 0.2) is 6.17 Å². The van der Waals surface area contributed by atoms with Crippen molar-refractivity contribution in [3.8, 4) is 34.0 Å². The summed E-state index contributed by atoms with van der Waals surface area (Å²) < 4.78 is 20.6. The van der Waals surface area contributed by atoms with Gasteiger partial charge in [-0.3, -0.25) is 4.98 Å². The molecule has 160 valence electrons. The predicted octanol–water partition coefficient (Wildman–Crippen LogP) is 4.22. The van der Waals surface area contributed by atoms with Crippen molar-refractivity contribution in [3.05, 3.63) is 54.4 Å². The molecule has 0 saturated carbocycles. The van der Waals surface area contributed by atoms with Crippen LogP contribution < -0.4 is 10.1 Å². The summed E-state index contributed by atoms with van der Waals surface area (Å²) in [5.41, 5.74) is 3.83. The number of halogens is 1. The SMILES string of the molecule is Cc1ccc(-c2ccc(-c3ccc(O[C@H]4CC5CCCC(N5)[C@H]4F)nn3)c(O)c2)cn1. The van der Waals surface area contributed by atoms with E-state index in [1.807, 2.05) is 25.1 Å². The van der Waals surface area contributed by atoms with Gasteiger partial charge in [-0.2, -0.15) is 0 Å². The highest BCUT2D eigenvalue weighted by molar-refractivity contribution is 5.73. The van der Waals surface area contributed by atoms with E-state index >= 15 is 0 Å². The Hall–Kier alpha value is -3.06. The highest BCUT2D eigenvalue weighted by Crippen LogP contribution is 2.33. The molecule has 2 aliphatic rings.